The molecule has 0 saturated carbocycles. The summed E-state index contributed by atoms with van der Waals surface area (Å²) in [6.07, 6.45) is 0. The summed E-state index contributed by atoms with van der Waals surface area (Å²) in [4.78, 5) is 0. The Morgan fingerprint density at radius 1 is 1.20 bits per heavy atom. The number of benzene rings is 2. The second-order valence-corrected chi connectivity index (χ2v) is 6.06. The summed E-state index contributed by atoms with van der Waals surface area (Å²) in [6.45, 7) is 0.470. The number of hydrogen-bond acceptors (Lipinski definition) is 2. The molecule has 2 rings (SSSR count). The maximum Gasteiger partial charge on any atom is 0.165 e. The first kappa shape index (κ1) is 15.7. The van der Waals surface area contributed by atoms with Crippen LogP contribution < -0.4 is 9.47 Å². The van der Waals surface area contributed by atoms with Crippen molar-refractivity contribution in [2.45, 2.75) is 11.9 Å². The zero-order chi connectivity index (χ0) is 14.5. The minimum Gasteiger partial charge on any atom is -0.493 e. The lowest BCUT2D eigenvalue weighted by Crippen LogP contribution is -2.00. The molecule has 2 aromatic carbocycles. The van der Waals surface area contributed by atoms with E-state index >= 15 is 0 Å². The molecule has 0 aliphatic carbocycles. The van der Waals surface area contributed by atoms with E-state index in [1.807, 2.05) is 30.3 Å². The first-order valence-corrected chi connectivity index (χ1v) is 8.23. The van der Waals surface area contributed by atoms with E-state index in [1.165, 1.54) is 0 Å². The molecule has 0 heterocycles. The van der Waals surface area contributed by atoms with Gasteiger partial charge in [-0.05, 0) is 23.8 Å². The summed E-state index contributed by atoms with van der Waals surface area (Å²) in [5, 5.41) is 1.28. The van der Waals surface area contributed by atoms with Gasteiger partial charge >= 0.3 is 0 Å². The fourth-order valence-corrected chi connectivity index (χ4v) is 2.91. The average molecular weight is 421 g/mol. The Balaban J connectivity index is 2.24. The van der Waals surface area contributed by atoms with E-state index < -0.39 is 0 Å². The van der Waals surface area contributed by atoms with Gasteiger partial charge in [0.25, 0.3) is 0 Å². The van der Waals surface area contributed by atoms with E-state index in [-0.39, 0.29) is 0 Å². The van der Waals surface area contributed by atoms with Gasteiger partial charge in [0.2, 0.25) is 0 Å². The molecule has 5 heteroatoms. The van der Waals surface area contributed by atoms with Crippen LogP contribution in [0.1, 0.15) is 11.1 Å². The molecule has 0 radical (unpaired) electrons. The summed E-state index contributed by atoms with van der Waals surface area (Å²) < 4.78 is 12.3. The van der Waals surface area contributed by atoms with Crippen molar-refractivity contribution in [3.8, 4) is 11.5 Å². The van der Waals surface area contributed by atoms with Gasteiger partial charge in [0.1, 0.15) is 6.61 Å². The van der Waals surface area contributed by atoms with E-state index in [0.29, 0.717) is 28.5 Å². The van der Waals surface area contributed by atoms with Gasteiger partial charge in [-0.3, -0.25) is 0 Å². The number of rotatable bonds is 5. The highest BCUT2D eigenvalue weighted by Gasteiger charge is 2.12. The summed E-state index contributed by atoms with van der Waals surface area (Å²) >= 11 is 12.9. The number of alkyl halides is 1. The van der Waals surface area contributed by atoms with Crippen LogP contribution in [0.15, 0.2) is 40.9 Å². The van der Waals surface area contributed by atoms with Gasteiger partial charge in [-0.15, -0.1) is 0 Å². The predicted octanol–water partition coefficient (Wildman–Crippen LogP) is 5.59. The molecule has 0 spiro atoms. The monoisotopic (exact) mass is 418 g/mol. The Kier molecular flexibility index (Phi) is 5.75. The van der Waals surface area contributed by atoms with Crippen LogP contribution in [-0.2, 0) is 11.9 Å². The number of ether oxygens (including phenoxy) is 2. The van der Waals surface area contributed by atoms with Crippen molar-refractivity contribution in [3.63, 3.8) is 0 Å². The average Bonchev–Trinajstić information content (AvgIpc) is 2.45. The minimum atomic E-state index is 0.470. The van der Waals surface area contributed by atoms with Crippen LogP contribution >= 0.6 is 43.5 Å². The molecule has 0 aliphatic heterocycles. The van der Waals surface area contributed by atoms with E-state index in [9.17, 15) is 0 Å². The molecule has 0 amide bonds. The van der Waals surface area contributed by atoms with Crippen LogP contribution in [0.4, 0.5) is 0 Å². The van der Waals surface area contributed by atoms with Crippen molar-refractivity contribution in [2.75, 3.05) is 7.11 Å². The third-order valence-corrected chi connectivity index (χ3v) is 4.05. The molecule has 2 aromatic rings. The second kappa shape index (κ2) is 7.34. The van der Waals surface area contributed by atoms with E-state index in [2.05, 4.69) is 31.9 Å². The summed E-state index contributed by atoms with van der Waals surface area (Å²) in [6, 6.07) is 11.6. The van der Waals surface area contributed by atoms with Crippen molar-refractivity contribution in [3.05, 3.63) is 57.0 Å². The maximum absolute atomic E-state index is 6.05. The number of hydrogen-bond donors (Lipinski definition) is 0. The Bertz CT molecular complexity index is 577. The number of halogens is 3. The summed E-state index contributed by atoms with van der Waals surface area (Å²) in [5.41, 5.74) is 2.04. The van der Waals surface area contributed by atoms with Crippen molar-refractivity contribution < 1.29 is 9.47 Å². The lowest BCUT2D eigenvalue weighted by molar-refractivity contribution is 0.282. The molecule has 106 valence electrons. The van der Waals surface area contributed by atoms with Crippen molar-refractivity contribution in [2.24, 2.45) is 0 Å². The lowest BCUT2D eigenvalue weighted by atomic mass is 10.2. The van der Waals surface area contributed by atoms with Gasteiger partial charge in [0.15, 0.2) is 11.5 Å². The van der Waals surface area contributed by atoms with Crippen LogP contribution in [0.2, 0.25) is 5.02 Å². The Labute approximate surface area is 140 Å². The van der Waals surface area contributed by atoms with Crippen molar-refractivity contribution >= 4 is 43.5 Å². The highest BCUT2D eigenvalue weighted by atomic mass is 79.9. The molecule has 20 heavy (non-hydrogen) atoms. The highest BCUT2D eigenvalue weighted by Crippen LogP contribution is 2.36. The van der Waals surface area contributed by atoms with Gasteiger partial charge in [0, 0.05) is 26.5 Å². The standard InChI is InChI=1S/C15H13Br2ClO2/c1-19-14-7-13(18)6-11(8-16)15(14)20-9-10-3-2-4-12(17)5-10/h2-7H,8-9H2,1H3. The van der Waals surface area contributed by atoms with Gasteiger partial charge in [-0.2, -0.15) is 0 Å². The Hall–Kier alpha value is -0.710. The van der Waals surface area contributed by atoms with Crippen LogP contribution in [0.5, 0.6) is 11.5 Å². The number of methoxy groups -OCH3 is 1. The van der Waals surface area contributed by atoms with Gasteiger partial charge in [-0.25, -0.2) is 0 Å². The molecular formula is C15H13Br2ClO2. The first-order chi connectivity index (χ1) is 9.63. The molecule has 0 unspecified atom stereocenters. The molecule has 0 aliphatic rings. The van der Waals surface area contributed by atoms with Crippen LogP contribution in [0.3, 0.4) is 0 Å². The molecule has 0 atom stereocenters. The topological polar surface area (TPSA) is 18.5 Å². The summed E-state index contributed by atoms with van der Waals surface area (Å²) in [5.74, 6) is 1.36. The molecule has 0 N–H and O–H groups in total. The normalized spacial score (nSPS) is 10.4. The molecular weight excluding hydrogens is 407 g/mol. The predicted molar refractivity (Wildman–Crippen MR) is 89.1 cm³/mol. The fourth-order valence-electron chi connectivity index (χ4n) is 1.82. The smallest absolute Gasteiger partial charge is 0.165 e. The summed E-state index contributed by atoms with van der Waals surface area (Å²) in [7, 11) is 1.61. The highest BCUT2D eigenvalue weighted by molar-refractivity contribution is 9.10. The minimum absolute atomic E-state index is 0.470. The van der Waals surface area contributed by atoms with Gasteiger partial charge < -0.3 is 9.47 Å². The quantitative estimate of drug-likeness (QED) is 0.588. The fraction of sp³-hybridized carbons (Fsp3) is 0.200. The zero-order valence-electron chi connectivity index (χ0n) is 10.8. The third-order valence-electron chi connectivity index (χ3n) is 2.73. The van der Waals surface area contributed by atoms with Crippen LogP contribution in [-0.4, -0.2) is 7.11 Å². The van der Waals surface area contributed by atoms with Gasteiger partial charge in [-0.1, -0.05) is 55.6 Å². The Morgan fingerprint density at radius 3 is 2.65 bits per heavy atom. The van der Waals surface area contributed by atoms with Crippen LogP contribution in [0, 0.1) is 0 Å². The first-order valence-electron chi connectivity index (χ1n) is 5.93. The zero-order valence-corrected chi connectivity index (χ0v) is 14.8. The Morgan fingerprint density at radius 2 is 2.00 bits per heavy atom. The van der Waals surface area contributed by atoms with Crippen LogP contribution in [0.25, 0.3) is 0 Å². The SMILES string of the molecule is COc1cc(Cl)cc(CBr)c1OCc1cccc(Br)c1. The van der Waals surface area contributed by atoms with Crippen molar-refractivity contribution in [1.82, 2.24) is 0 Å². The second-order valence-electron chi connectivity index (χ2n) is 4.15. The van der Waals surface area contributed by atoms with E-state index in [0.717, 1.165) is 15.6 Å². The molecule has 2 nitrogen and oxygen atoms in total. The molecule has 0 fully saturated rings. The largest absolute Gasteiger partial charge is 0.493 e. The van der Waals surface area contributed by atoms with E-state index in [4.69, 9.17) is 21.1 Å². The third kappa shape index (κ3) is 3.90. The maximum atomic E-state index is 6.05. The van der Waals surface area contributed by atoms with Gasteiger partial charge in [0.05, 0.1) is 7.11 Å². The molecule has 0 saturated heterocycles. The molecule has 0 bridgehead atoms. The lowest BCUT2D eigenvalue weighted by Gasteiger charge is -2.15. The van der Waals surface area contributed by atoms with Crippen molar-refractivity contribution in [1.29, 1.82) is 0 Å². The molecule has 0 aromatic heterocycles. The van der Waals surface area contributed by atoms with E-state index in [1.54, 1.807) is 13.2 Å².